The fourth-order valence-corrected chi connectivity index (χ4v) is 3.35. The third kappa shape index (κ3) is 2.76. The van der Waals surface area contributed by atoms with Gasteiger partial charge in [-0.25, -0.2) is 0 Å². The molecular formula is C15H19N3O4. The Hall–Kier alpha value is -2.15. The average molecular weight is 305 g/mol. The minimum atomic E-state index is -0.538. The molecule has 118 valence electrons. The van der Waals surface area contributed by atoms with Crippen LogP contribution in [0.2, 0.25) is 0 Å². The summed E-state index contributed by atoms with van der Waals surface area (Å²) >= 11 is 0. The van der Waals surface area contributed by atoms with Gasteiger partial charge in [0.05, 0.1) is 12.0 Å². The normalized spacial score (nSPS) is 26.5. The first kappa shape index (κ1) is 14.8. The summed E-state index contributed by atoms with van der Waals surface area (Å²) in [5.74, 6) is 0.413. The summed E-state index contributed by atoms with van der Waals surface area (Å²) in [4.78, 5) is 25.2. The first-order chi connectivity index (χ1) is 10.6. The highest BCUT2D eigenvalue weighted by Gasteiger charge is 2.35. The van der Waals surface area contributed by atoms with Crippen LogP contribution in [-0.2, 0) is 0 Å². The Balaban J connectivity index is 1.75. The van der Waals surface area contributed by atoms with E-state index in [0.29, 0.717) is 11.5 Å². The van der Waals surface area contributed by atoms with E-state index in [0.717, 1.165) is 32.5 Å². The number of piperidine rings is 3. The summed E-state index contributed by atoms with van der Waals surface area (Å²) in [6, 6.07) is 4.43. The van der Waals surface area contributed by atoms with Gasteiger partial charge in [-0.3, -0.25) is 14.9 Å². The fraction of sp³-hybridized carbons (Fsp3) is 0.533. The van der Waals surface area contributed by atoms with E-state index in [1.54, 1.807) is 6.07 Å². The molecule has 3 aliphatic rings. The second kappa shape index (κ2) is 5.92. The van der Waals surface area contributed by atoms with E-state index in [1.165, 1.54) is 19.2 Å². The topological polar surface area (TPSA) is 84.7 Å². The van der Waals surface area contributed by atoms with Gasteiger partial charge in [0.2, 0.25) is 0 Å². The van der Waals surface area contributed by atoms with Crippen LogP contribution in [0.15, 0.2) is 18.2 Å². The minimum absolute atomic E-state index is 0.135. The lowest BCUT2D eigenvalue weighted by atomic mass is 9.84. The number of hydrogen-bond donors (Lipinski definition) is 1. The van der Waals surface area contributed by atoms with Crippen LogP contribution in [0.25, 0.3) is 0 Å². The predicted molar refractivity (Wildman–Crippen MR) is 80.1 cm³/mol. The molecule has 7 nitrogen and oxygen atoms in total. The summed E-state index contributed by atoms with van der Waals surface area (Å²) in [5.41, 5.74) is 0.105. The molecule has 1 unspecified atom stereocenters. The maximum absolute atomic E-state index is 12.4. The molecule has 4 rings (SSSR count). The van der Waals surface area contributed by atoms with Crippen molar-refractivity contribution in [3.8, 4) is 5.75 Å². The quantitative estimate of drug-likeness (QED) is 0.672. The van der Waals surface area contributed by atoms with Crippen LogP contribution in [-0.4, -0.2) is 48.5 Å². The molecule has 3 saturated heterocycles. The SMILES string of the molecule is COc1ccc(C(=O)NC2CN3CCC2CC3)cc1[N+](=O)[O-]. The highest BCUT2D eigenvalue weighted by Crippen LogP contribution is 2.29. The zero-order chi connectivity index (χ0) is 15.7. The first-order valence-corrected chi connectivity index (χ1v) is 7.44. The van der Waals surface area contributed by atoms with E-state index in [2.05, 4.69) is 10.2 Å². The molecule has 0 spiro atoms. The lowest BCUT2D eigenvalue weighted by Crippen LogP contribution is -2.57. The maximum Gasteiger partial charge on any atom is 0.311 e. The number of amides is 1. The minimum Gasteiger partial charge on any atom is -0.490 e. The molecule has 1 aromatic rings. The molecule has 1 atom stereocenters. The molecule has 1 aromatic carbocycles. The van der Waals surface area contributed by atoms with Crippen molar-refractivity contribution >= 4 is 11.6 Å². The molecule has 7 heteroatoms. The van der Waals surface area contributed by atoms with Crippen LogP contribution in [0.4, 0.5) is 5.69 Å². The molecule has 0 radical (unpaired) electrons. The molecule has 1 N–H and O–H groups in total. The van der Waals surface area contributed by atoms with E-state index in [-0.39, 0.29) is 23.4 Å². The van der Waals surface area contributed by atoms with Gasteiger partial charge in [-0.15, -0.1) is 0 Å². The second-order valence-corrected chi connectivity index (χ2v) is 5.86. The second-order valence-electron chi connectivity index (χ2n) is 5.86. The third-order valence-corrected chi connectivity index (χ3v) is 4.61. The molecular weight excluding hydrogens is 286 g/mol. The van der Waals surface area contributed by atoms with E-state index in [1.807, 2.05) is 0 Å². The van der Waals surface area contributed by atoms with Crippen molar-refractivity contribution in [3.63, 3.8) is 0 Å². The number of nitro benzene ring substituents is 1. The van der Waals surface area contributed by atoms with Gasteiger partial charge in [0.15, 0.2) is 5.75 Å². The maximum atomic E-state index is 12.4. The molecule has 2 bridgehead atoms. The third-order valence-electron chi connectivity index (χ3n) is 4.61. The number of fused-ring (bicyclic) bond motifs is 3. The van der Waals surface area contributed by atoms with Crippen molar-refractivity contribution in [1.82, 2.24) is 10.2 Å². The van der Waals surface area contributed by atoms with E-state index >= 15 is 0 Å². The van der Waals surface area contributed by atoms with E-state index in [9.17, 15) is 14.9 Å². The number of nitrogens with zero attached hydrogens (tertiary/aromatic N) is 2. The lowest BCUT2D eigenvalue weighted by molar-refractivity contribution is -0.385. The Bertz CT molecular complexity index is 596. The molecule has 3 fully saturated rings. The number of methoxy groups -OCH3 is 1. The summed E-state index contributed by atoms with van der Waals surface area (Å²) in [6.07, 6.45) is 2.21. The molecule has 0 aliphatic carbocycles. The summed E-state index contributed by atoms with van der Waals surface area (Å²) < 4.78 is 4.95. The van der Waals surface area contributed by atoms with Crippen molar-refractivity contribution in [2.75, 3.05) is 26.7 Å². The Morgan fingerprint density at radius 1 is 1.41 bits per heavy atom. The van der Waals surface area contributed by atoms with Gasteiger partial charge in [0.25, 0.3) is 5.91 Å². The molecule has 3 heterocycles. The largest absolute Gasteiger partial charge is 0.490 e. The molecule has 3 aliphatic heterocycles. The highest BCUT2D eigenvalue weighted by molar-refractivity contribution is 5.95. The van der Waals surface area contributed by atoms with E-state index < -0.39 is 4.92 Å². The number of nitrogens with one attached hydrogen (secondary N) is 1. The summed E-state index contributed by atoms with van der Waals surface area (Å²) in [7, 11) is 1.37. The molecule has 0 aromatic heterocycles. The smallest absolute Gasteiger partial charge is 0.311 e. The van der Waals surface area contributed by atoms with Crippen LogP contribution in [0.5, 0.6) is 5.75 Å². The van der Waals surface area contributed by atoms with Crippen molar-refractivity contribution in [2.24, 2.45) is 5.92 Å². The average Bonchev–Trinajstić information content (AvgIpc) is 2.55. The van der Waals surface area contributed by atoms with Crippen LogP contribution in [0.1, 0.15) is 23.2 Å². The predicted octanol–water partition coefficient (Wildman–Crippen LogP) is 1.43. The van der Waals surface area contributed by atoms with Crippen molar-refractivity contribution in [3.05, 3.63) is 33.9 Å². The number of carbonyl (C=O) groups excluding carboxylic acids is 1. The van der Waals surface area contributed by atoms with Crippen molar-refractivity contribution in [1.29, 1.82) is 0 Å². The van der Waals surface area contributed by atoms with Gasteiger partial charge in [0, 0.05) is 24.2 Å². The number of carbonyl (C=O) groups is 1. The van der Waals surface area contributed by atoms with Gasteiger partial charge in [0.1, 0.15) is 0 Å². The van der Waals surface area contributed by atoms with Gasteiger partial charge >= 0.3 is 5.69 Å². The zero-order valence-corrected chi connectivity index (χ0v) is 12.4. The lowest BCUT2D eigenvalue weighted by Gasteiger charge is -2.44. The Morgan fingerprint density at radius 3 is 2.68 bits per heavy atom. The fourth-order valence-electron chi connectivity index (χ4n) is 3.35. The monoisotopic (exact) mass is 305 g/mol. The Morgan fingerprint density at radius 2 is 2.14 bits per heavy atom. The summed E-state index contributed by atoms with van der Waals surface area (Å²) in [5, 5.41) is 14.1. The van der Waals surface area contributed by atoms with Gasteiger partial charge in [-0.05, 0) is 44.0 Å². The van der Waals surface area contributed by atoms with Gasteiger partial charge < -0.3 is 15.0 Å². The first-order valence-electron chi connectivity index (χ1n) is 7.44. The van der Waals surface area contributed by atoms with Crippen LogP contribution in [0, 0.1) is 16.0 Å². The Kier molecular flexibility index (Phi) is 3.98. The van der Waals surface area contributed by atoms with Crippen LogP contribution < -0.4 is 10.1 Å². The van der Waals surface area contributed by atoms with Gasteiger partial charge in [-0.1, -0.05) is 0 Å². The van der Waals surface area contributed by atoms with Crippen molar-refractivity contribution < 1.29 is 14.5 Å². The molecule has 1 amide bonds. The number of rotatable bonds is 4. The summed E-state index contributed by atoms with van der Waals surface area (Å²) in [6.45, 7) is 3.07. The van der Waals surface area contributed by atoms with Crippen molar-refractivity contribution in [2.45, 2.75) is 18.9 Å². The standard InChI is InChI=1S/C15H19N3O4/c1-22-14-3-2-11(8-13(14)18(20)21)15(19)16-12-9-17-6-4-10(12)5-7-17/h2-3,8,10,12H,4-7,9H2,1H3,(H,16,19). The molecule has 22 heavy (non-hydrogen) atoms. The van der Waals surface area contributed by atoms with Gasteiger partial charge in [-0.2, -0.15) is 0 Å². The van der Waals surface area contributed by atoms with E-state index in [4.69, 9.17) is 4.74 Å². The zero-order valence-electron chi connectivity index (χ0n) is 12.4. The van der Waals surface area contributed by atoms with Crippen LogP contribution in [0.3, 0.4) is 0 Å². The van der Waals surface area contributed by atoms with Crippen LogP contribution >= 0.6 is 0 Å². The number of hydrogen-bond acceptors (Lipinski definition) is 5. The number of nitro groups is 1. The Labute approximate surface area is 128 Å². The molecule has 0 saturated carbocycles. The number of ether oxygens (including phenoxy) is 1. The number of benzene rings is 1. The highest BCUT2D eigenvalue weighted by atomic mass is 16.6.